The summed E-state index contributed by atoms with van der Waals surface area (Å²) in [5, 5.41) is 32.4. The van der Waals surface area contributed by atoms with E-state index in [2.05, 4.69) is 79.4 Å². The lowest BCUT2D eigenvalue weighted by atomic mass is 9.89. The van der Waals surface area contributed by atoms with Crippen LogP contribution in [0.3, 0.4) is 0 Å². The van der Waals surface area contributed by atoms with E-state index in [-0.39, 0.29) is 16.9 Å². The second-order valence-corrected chi connectivity index (χ2v) is 10.9. The van der Waals surface area contributed by atoms with Gasteiger partial charge < -0.3 is 16.0 Å². The molecule has 0 radical (unpaired) electrons. The number of nitrogens with zero attached hydrogens (tertiary/aromatic N) is 8. The molecule has 0 saturated carbocycles. The number of rotatable bonds is 15. The molecule has 0 aliphatic heterocycles. The second-order valence-electron chi connectivity index (χ2n) is 9.59. The Kier molecular flexibility index (Phi) is 11.4. The van der Waals surface area contributed by atoms with Gasteiger partial charge in [0.2, 0.25) is 0 Å². The summed E-state index contributed by atoms with van der Waals surface area (Å²) in [6.07, 6.45) is 5.83. The molecule has 2 aromatic heterocycles. The van der Waals surface area contributed by atoms with Crippen molar-refractivity contribution in [2.45, 2.75) is 60.0 Å². The highest BCUT2D eigenvalue weighted by molar-refractivity contribution is 7.97. The van der Waals surface area contributed by atoms with Crippen LogP contribution >= 0.6 is 24.2 Å². The van der Waals surface area contributed by atoms with Gasteiger partial charge in [-0.15, -0.1) is 10.2 Å². The van der Waals surface area contributed by atoms with Crippen molar-refractivity contribution in [3.63, 3.8) is 0 Å². The van der Waals surface area contributed by atoms with E-state index in [9.17, 15) is 4.79 Å². The molecule has 34 heavy (non-hydrogen) atoms. The highest BCUT2D eigenvalue weighted by Gasteiger charge is 2.20. The average molecular weight is 513 g/mol. The van der Waals surface area contributed by atoms with E-state index < -0.39 is 0 Å². The lowest BCUT2D eigenvalue weighted by molar-refractivity contribution is 0.237. The minimum absolute atomic E-state index is 0.0293. The predicted molar refractivity (Wildman–Crippen MR) is 135 cm³/mol. The van der Waals surface area contributed by atoms with Crippen molar-refractivity contribution in [2.75, 3.05) is 25.4 Å². The molecule has 0 atom stereocenters. The third kappa shape index (κ3) is 12.1. The Morgan fingerprint density at radius 2 is 1.41 bits per heavy atom. The van der Waals surface area contributed by atoms with E-state index in [0.717, 1.165) is 44.6 Å². The Hall–Kier alpha value is -2.55. The van der Waals surface area contributed by atoms with Gasteiger partial charge in [-0.2, -0.15) is 0 Å². The van der Waals surface area contributed by atoms with Crippen LogP contribution in [-0.4, -0.2) is 76.9 Å². The van der Waals surface area contributed by atoms with Gasteiger partial charge in [-0.3, -0.25) is 4.72 Å². The van der Waals surface area contributed by atoms with Gasteiger partial charge >= 0.3 is 6.03 Å². The molecule has 2 aromatic rings. The summed E-state index contributed by atoms with van der Waals surface area (Å²) < 4.78 is 6.25. The third-order valence-corrected chi connectivity index (χ3v) is 6.12. The summed E-state index contributed by atoms with van der Waals surface area (Å²) in [6.45, 7) is 12.1. The molecule has 190 valence electrons. The molecular formula is C19H36N12OS2. The highest BCUT2D eigenvalue weighted by Crippen LogP contribution is 2.22. The predicted octanol–water partition coefficient (Wildman–Crippen LogP) is 0.994. The number of hydrogen-bond acceptors (Lipinski definition) is 9. The number of carbonyl (C=O) groups is 1. The van der Waals surface area contributed by atoms with Crippen molar-refractivity contribution in [3.05, 3.63) is 12.7 Å². The summed E-state index contributed by atoms with van der Waals surface area (Å²) >= 11 is 6.72. The Balaban J connectivity index is 1.44. The van der Waals surface area contributed by atoms with Gasteiger partial charge in [0, 0.05) is 38.5 Å². The minimum atomic E-state index is -0.183. The standard InChI is InChI=1S/C19H36N12OS2/c1-18(2,12-30-14-23-26-28-30)6-9-20-16(32)25-34-11-5-8-21-17(33)22-10-7-19(3,4)13-31-15-24-27-29-31/h14-15H,5-13H2,1-4H3,(H2,20,25,32)(H2,21,22,33). The van der Waals surface area contributed by atoms with E-state index in [1.807, 2.05) is 0 Å². The van der Waals surface area contributed by atoms with E-state index in [4.69, 9.17) is 12.2 Å². The Morgan fingerprint density at radius 1 is 0.882 bits per heavy atom. The molecule has 4 N–H and O–H groups in total. The molecule has 2 amide bonds. The monoisotopic (exact) mass is 512 g/mol. The molecule has 0 aromatic carbocycles. The molecule has 0 unspecified atom stereocenters. The van der Waals surface area contributed by atoms with Crippen molar-refractivity contribution >= 4 is 35.3 Å². The maximum absolute atomic E-state index is 11.9. The number of amides is 2. The molecule has 0 fully saturated rings. The van der Waals surface area contributed by atoms with Gasteiger partial charge in [0.05, 0.1) is 0 Å². The van der Waals surface area contributed by atoms with Crippen molar-refractivity contribution < 1.29 is 4.79 Å². The number of aromatic nitrogens is 8. The van der Waals surface area contributed by atoms with Gasteiger partial charge in [-0.25, -0.2) is 14.2 Å². The third-order valence-electron chi connectivity index (χ3n) is 5.01. The van der Waals surface area contributed by atoms with E-state index in [1.54, 1.807) is 22.0 Å². The first-order valence-corrected chi connectivity index (χ1v) is 12.6. The normalized spacial score (nSPS) is 11.8. The maximum atomic E-state index is 11.9. The molecule has 13 nitrogen and oxygen atoms in total. The zero-order chi connectivity index (χ0) is 24.9. The molecule has 0 aliphatic carbocycles. The van der Waals surface area contributed by atoms with Gasteiger partial charge in [0.25, 0.3) is 0 Å². The molecule has 2 rings (SSSR count). The number of nitrogens with one attached hydrogen (secondary N) is 4. The fourth-order valence-electron chi connectivity index (χ4n) is 3.13. The van der Waals surface area contributed by atoms with Crippen molar-refractivity contribution in [1.82, 2.24) is 61.1 Å². The molecular weight excluding hydrogens is 476 g/mol. The first-order valence-electron chi connectivity index (χ1n) is 11.2. The van der Waals surface area contributed by atoms with Crippen LogP contribution in [0.4, 0.5) is 4.79 Å². The van der Waals surface area contributed by atoms with Crippen molar-refractivity contribution in [3.8, 4) is 0 Å². The average Bonchev–Trinajstić information content (AvgIpc) is 3.44. The van der Waals surface area contributed by atoms with E-state index in [1.165, 1.54) is 11.9 Å². The first kappa shape index (κ1) is 27.7. The number of carbonyl (C=O) groups excluding carboxylic acids is 1. The van der Waals surface area contributed by atoms with Crippen LogP contribution in [0.15, 0.2) is 12.7 Å². The summed E-state index contributed by atoms with van der Waals surface area (Å²) in [7, 11) is 0. The quantitative estimate of drug-likeness (QED) is 0.153. The van der Waals surface area contributed by atoms with E-state index >= 15 is 0 Å². The van der Waals surface area contributed by atoms with Crippen LogP contribution in [0.2, 0.25) is 0 Å². The summed E-state index contributed by atoms with van der Waals surface area (Å²) in [6, 6.07) is -0.183. The zero-order valence-corrected chi connectivity index (χ0v) is 22.0. The van der Waals surface area contributed by atoms with Gasteiger partial charge in [0.1, 0.15) is 12.7 Å². The Bertz CT molecular complexity index is 771. The lowest BCUT2D eigenvalue weighted by Gasteiger charge is -2.24. The lowest BCUT2D eigenvalue weighted by Crippen LogP contribution is -2.38. The Labute approximate surface area is 210 Å². The number of tetrazole rings is 2. The zero-order valence-electron chi connectivity index (χ0n) is 20.3. The van der Waals surface area contributed by atoms with Crippen LogP contribution in [-0.2, 0) is 13.1 Å². The smallest absolute Gasteiger partial charge is 0.324 e. The number of urea groups is 1. The summed E-state index contributed by atoms with van der Waals surface area (Å²) in [5.41, 5.74) is 0.0176. The van der Waals surface area contributed by atoms with Crippen molar-refractivity contribution in [2.24, 2.45) is 10.8 Å². The molecule has 0 bridgehead atoms. The number of hydrogen-bond donors (Lipinski definition) is 4. The minimum Gasteiger partial charge on any atom is -0.363 e. The first-order chi connectivity index (χ1) is 16.2. The second kappa shape index (κ2) is 14.0. The summed E-state index contributed by atoms with van der Waals surface area (Å²) in [4.78, 5) is 11.9. The van der Waals surface area contributed by atoms with E-state index in [0.29, 0.717) is 18.2 Å². The Morgan fingerprint density at radius 3 is 1.94 bits per heavy atom. The fraction of sp³-hybridized carbons (Fsp3) is 0.789. The van der Waals surface area contributed by atoms with Crippen LogP contribution < -0.4 is 20.7 Å². The molecule has 0 saturated heterocycles. The molecule has 0 spiro atoms. The van der Waals surface area contributed by atoms with Crippen LogP contribution in [0, 0.1) is 10.8 Å². The van der Waals surface area contributed by atoms with Gasteiger partial charge in [0.15, 0.2) is 5.11 Å². The summed E-state index contributed by atoms with van der Waals surface area (Å²) in [5.74, 6) is 0.785. The van der Waals surface area contributed by atoms with Crippen LogP contribution in [0.1, 0.15) is 47.0 Å². The largest absolute Gasteiger partial charge is 0.363 e. The fourth-order valence-corrected chi connectivity index (χ4v) is 3.93. The van der Waals surface area contributed by atoms with Gasteiger partial charge in [-0.1, -0.05) is 27.7 Å². The van der Waals surface area contributed by atoms with Gasteiger partial charge in [-0.05, 0) is 75.1 Å². The van der Waals surface area contributed by atoms with Crippen molar-refractivity contribution in [1.29, 1.82) is 0 Å². The van der Waals surface area contributed by atoms with Crippen LogP contribution in [0.5, 0.6) is 0 Å². The van der Waals surface area contributed by atoms with Crippen LogP contribution in [0.25, 0.3) is 0 Å². The molecule has 2 heterocycles. The SMILES string of the molecule is CC(C)(CCNC(=O)NSCCCNC(=S)NCCC(C)(C)Cn1cnnn1)Cn1cnnn1. The topological polar surface area (TPSA) is 152 Å². The highest BCUT2D eigenvalue weighted by atomic mass is 32.2. The maximum Gasteiger partial charge on any atom is 0.324 e. The molecule has 15 heteroatoms. The molecule has 0 aliphatic rings. The number of thiocarbonyl (C=S) groups is 1.